The molecule has 114 valence electrons. The molecule has 0 aliphatic carbocycles. The van der Waals surface area contributed by atoms with Crippen molar-refractivity contribution < 1.29 is 8.42 Å². The van der Waals surface area contributed by atoms with Crippen molar-refractivity contribution in [3.8, 4) is 0 Å². The molecule has 5 nitrogen and oxygen atoms in total. The molecule has 0 spiro atoms. The third-order valence-electron chi connectivity index (χ3n) is 2.96. The van der Waals surface area contributed by atoms with Gasteiger partial charge in [-0.2, -0.15) is 0 Å². The highest BCUT2D eigenvalue weighted by molar-refractivity contribution is 7.88. The Kier molecular flexibility index (Phi) is 5.52. The van der Waals surface area contributed by atoms with Crippen molar-refractivity contribution in [2.75, 3.05) is 19.3 Å². The van der Waals surface area contributed by atoms with E-state index >= 15 is 0 Å². The summed E-state index contributed by atoms with van der Waals surface area (Å²) >= 11 is 6.10. The molecule has 2 N–H and O–H groups in total. The molecule has 0 aliphatic heterocycles. The van der Waals surface area contributed by atoms with Gasteiger partial charge >= 0.3 is 0 Å². The Morgan fingerprint density at radius 1 is 1.29 bits per heavy atom. The average Bonchev–Trinajstić information content (AvgIpc) is 2.41. The van der Waals surface area contributed by atoms with Crippen LogP contribution in [0.4, 0.5) is 0 Å². The van der Waals surface area contributed by atoms with Gasteiger partial charge in [0, 0.05) is 29.7 Å². The van der Waals surface area contributed by atoms with Crippen molar-refractivity contribution in [2.45, 2.75) is 13.0 Å². The molecule has 0 bridgehead atoms. The third-order valence-corrected chi connectivity index (χ3v) is 3.91. The number of pyridine rings is 1. The van der Waals surface area contributed by atoms with E-state index in [9.17, 15) is 8.42 Å². The van der Waals surface area contributed by atoms with E-state index in [1.54, 1.807) is 6.20 Å². The molecular weight excluding hydrogens is 310 g/mol. The fraction of sp³-hybridized carbons (Fsp3) is 0.357. The minimum atomic E-state index is -3.10. The van der Waals surface area contributed by atoms with E-state index < -0.39 is 10.0 Å². The fourth-order valence-electron chi connectivity index (χ4n) is 2.06. The zero-order chi connectivity index (χ0) is 15.3. The second-order valence-electron chi connectivity index (χ2n) is 4.84. The molecular formula is C14H18ClN3O2S. The molecule has 1 heterocycles. The third kappa shape index (κ3) is 5.24. The van der Waals surface area contributed by atoms with Crippen LogP contribution in [0.2, 0.25) is 5.02 Å². The van der Waals surface area contributed by atoms with Gasteiger partial charge in [0.2, 0.25) is 10.0 Å². The van der Waals surface area contributed by atoms with Gasteiger partial charge in [0.05, 0.1) is 11.8 Å². The minimum absolute atomic E-state index is 0.431. The van der Waals surface area contributed by atoms with Crippen LogP contribution >= 0.6 is 11.6 Å². The predicted molar refractivity (Wildman–Crippen MR) is 85.9 cm³/mol. The largest absolute Gasteiger partial charge is 0.313 e. The minimum Gasteiger partial charge on any atom is -0.313 e. The zero-order valence-electron chi connectivity index (χ0n) is 11.8. The van der Waals surface area contributed by atoms with E-state index in [2.05, 4.69) is 15.0 Å². The summed E-state index contributed by atoms with van der Waals surface area (Å²) in [5.74, 6) is 0. The maximum Gasteiger partial charge on any atom is 0.208 e. The number of hydrogen-bond donors (Lipinski definition) is 2. The Hall–Kier alpha value is -1.21. The topological polar surface area (TPSA) is 71.1 Å². The van der Waals surface area contributed by atoms with E-state index in [-0.39, 0.29) is 0 Å². The molecule has 0 atom stereocenters. The van der Waals surface area contributed by atoms with E-state index in [1.807, 2.05) is 24.3 Å². The van der Waals surface area contributed by atoms with E-state index in [0.29, 0.717) is 24.7 Å². The Bertz CT molecular complexity index is 719. The molecule has 0 radical (unpaired) electrons. The summed E-state index contributed by atoms with van der Waals surface area (Å²) < 4.78 is 24.3. The monoisotopic (exact) mass is 327 g/mol. The summed E-state index contributed by atoms with van der Waals surface area (Å²) in [5, 5.41) is 4.97. The van der Waals surface area contributed by atoms with Gasteiger partial charge in [-0.25, -0.2) is 13.1 Å². The van der Waals surface area contributed by atoms with Crippen LogP contribution in [-0.4, -0.2) is 32.7 Å². The Morgan fingerprint density at radius 2 is 2.10 bits per heavy atom. The number of rotatable bonds is 7. The smallest absolute Gasteiger partial charge is 0.208 e. The van der Waals surface area contributed by atoms with Gasteiger partial charge in [-0.1, -0.05) is 17.7 Å². The van der Waals surface area contributed by atoms with Crippen LogP contribution in [0.15, 0.2) is 30.5 Å². The molecule has 7 heteroatoms. The lowest BCUT2D eigenvalue weighted by Crippen LogP contribution is -2.26. The Morgan fingerprint density at radius 3 is 2.86 bits per heavy atom. The van der Waals surface area contributed by atoms with Crippen LogP contribution in [0.25, 0.3) is 10.9 Å². The molecule has 2 aromatic rings. The number of nitrogens with one attached hydrogen (secondary N) is 2. The molecule has 0 unspecified atom stereocenters. The molecule has 0 fully saturated rings. The van der Waals surface area contributed by atoms with E-state index in [4.69, 9.17) is 11.6 Å². The quantitative estimate of drug-likeness (QED) is 0.762. The lowest BCUT2D eigenvalue weighted by atomic mass is 10.1. The van der Waals surface area contributed by atoms with Crippen LogP contribution in [0, 0.1) is 0 Å². The van der Waals surface area contributed by atoms with Crippen molar-refractivity contribution in [3.63, 3.8) is 0 Å². The second-order valence-corrected chi connectivity index (χ2v) is 7.11. The Labute approximate surface area is 129 Å². The maximum atomic E-state index is 10.9. The lowest BCUT2D eigenvalue weighted by Gasteiger charge is -2.08. The van der Waals surface area contributed by atoms with E-state index in [1.165, 1.54) is 0 Å². The summed E-state index contributed by atoms with van der Waals surface area (Å²) in [5.41, 5.74) is 1.97. The van der Waals surface area contributed by atoms with E-state index in [0.717, 1.165) is 29.1 Å². The van der Waals surface area contributed by atoms with Crippen LogP contribution in [-0.2, 0) is 16.6 Å². The van der Waals surface area contributed by atoms with Gasteiger partial charge in [-0.15, -0.1) is 0 Å². The Balaban J connectivity index is 1.89. The van der Waals surface area contributed by atoms with Crippen molar-refractivity contribution in [2.24, 2.45) is 0 Å². The predicted octanol–water partition coefficient (Wildman–Crippen LogP) is 1.92. The molecule has 0 aliphatic rings. The highest BCUT2D eigenvalue weighted by Crippen LogP contribution is 2.22. The first kappa shape index (κ1) is 16.2. The summed E-state index contributed by atoms with van der Waals surface area (Å²) in [7, 11) is -3.10. The normalized spacial score (nSPS) is 11.9. The maximum absolute atomic E-state index is 10.9. The van der Waals surface area contributed by atoms with Gasteiger partial charge in [0.15, 0.2) is 0 Å². The first-order chi connectivity index (χ1) is 9.96. The van der Waals surface area contributed by atoms with Crippen molar-refractivity contribution >= 4 is 32.5 Å². The standard InChI is InChI=1S/C14H18ClN3O2S/c1-21(19,20)18-7-3-5-16-10-12-9-13(15)8-11-4-2-6-17-14(11)12/h2,4,6,8-9,16,18H,3,5,7,10H2,1H3. The van der Waals surface area contributed by atoms with Crippen LogP contribution in [0.5, 0.6) is 0 Å². The fourth-order valence-corrected chi connectivity index (χ4v) is 2.82. The zero-order valence-corrected chi connectivity index (χ0v) is 13.3. The molecule has 1 aromatic carbocycles. The molecule has 2 rings (SSSR count). The van der Waals surface area contributed by atoms with Gasteiger partial charge in [-0.05, 0) is 36.7 Å². The van der Waals surface area contributed by atoms with Crippen molar-refractivity contribution in [3.05, 3.63) is 41.0 Å². The van der Waals surface area contributed by atoms with Gasteiger partial charge in [0.1, 0.15) is 0 Å². The highest BCUT2D eigenvalue weighted by Gasteiger charge is 2.04. The summed E-state index contributed by atoms with van der Waals surface area (Å²) in [4.78, 5) is 4.38. The van der Waals surface area contributed by atoms with Gasteiger partial charge in [-0.3, -0.25) is 4.98 Å². The van der Waals surface area contributed by atoms with Crippen LogP contribution < -0.4 is 10.0 Å². The lowest BCUT2D eigenvalue weighted by molar-refractivity contribution is 0.579. The number of fused-ring (bicyclic) bond motifs is 1. The average molecular weight is 328 g/mol. The SMILES string of the molecule is CS(=O)(=O)NCCCNCc1cc(Cl)cc2cccnc12. The second kappa shape index (κ2) is 7.17. The number of hydrogen-bond acceptors (Lipinski definition) is 4. The number of benzene rings is 1. The number of halogens is 1. The van der Waals surface area contributed by atoms with Crippen molar-refractivity contribution in [1.29, 1.82) is 0 Å². The van der Waals surface area contributed by atoms with Gasteiger partial charge < -0.3 is 5.32 Å². The molecule has 0 saturated heterocycles. The van der Waals surface area contributed by atoms with Crippen LogP contribution in [0.1, 0.15) is 12.0 Å². The first-order valence-electron chi connectivity index (χ1n) is 6.64. The van der Waals surface area contributed by atoms with Crippen LogP contribution in [0.3, 0.4) is 0 Å². The summed E-state index contributed by atoms with van der Waals surface area (Å²) in [6.45, 7) is 1.79. The number of sulfonamides is 1. The summed E-state index contributed by atoms with van der Waals surface area (Å²) in [6.07, 6.45) is 3.64. The molecule has 21 heavy (non-hydrogen) atoms. The van der Waals surface area contributed by atoms with Crippen molar-refractivity contribution in [1.82, 2.24) is 15.0 Å². The highest BCUT2D eigenvalue weighted by atomic mass is 35.5. The molecule has 1 aromatic heterocycles. The first-order valence-corrected chi connectivity index (χ1v) is 8.91. The summed E-state index contributed by atoms with van der Waals surface area (Å²) in [6, 6.07) is 7.66. The van der Waals surface area contributed by atoms with Gasteiger partial charge in [0.25, 0.3) is 0 Å². The number of aromatic nitrogens is 1. The molecule has 0 amide bonds. The molecule has 0 saturated carbocycles. The number of nitrogens with zero attached hydrogens (tertiary/aromatic N) is 1.